The van der Waals surface area contributed by atoms with Crippen LogP contribution in [0.2, 0.25) is 0 Å². The second-order valence-electron chi connectivity index (χ2n) is 10.4. The highest BCUT2D eigenvalue weighted by Crippen LogP contribution is 2.26. The molecule has 0 radical (unpaired) electrons. The van der Waals surface area contributed by atoms with Crippen molar-refractivity contribution in [3.05, 3.63) is 136 Å². The average molecular weight is 597 g/mol. The third kappa shape index (κ3) is 8.52. The summed E-state index contributed by atoms with van der Waals surface area (Å²) in [5, 5.41) is 5.72. The summed E-state index contributed by atoms with van der Waals surface area (Å²) in [7, 11) is 0. The van der Waals surface area contributed by atoms with Crippen molar-refractivity contribution in [2.24, 2.45) is 11.5 Å². The van der Waals surface area contributed by atoms with Gasteiger partial charge in [-0.1, -0.05) is 72.8 Å². The molecule has 2 atom stereocenters. The van der Waals surface area contributed by atoms with E-state index < -0.39 is 35.5 Å². The predicted octanol–water partition coefficient (Wildman–Crippen LogP) is 4.15. The Morgan fingerprint density at radius 1 is 0.795 bits per heavy atom. The number of halogens is 1. The lowest BCUT2D eigenvalue weighted by atomic mass is 9.87. The minimum atomic E-state index is -1.11. The molecule has 0 aromatic heterocycles. The van der Waals surface area contributed by atoms with Gasteiger partial charge in [0.1, 0.15) is 17.6 Å². The summed E-state index contributed by atoms with van der Waals surface area (Å²) < 4.78 is 20.2. The largest absolute Gasteiger partial charge is 0.494 e. The lowest BCUT2D eigenvalue weighted by molar-refractivity contribution is -0.129. The second-order valence-corrected chi connectivity index (χ2v) is 10.4. The van der Waals surface area contributed by atoms with Gasteiger partial charge in [-0.25, -0.2) is 4.39 Å². The van der Waals surface area contributed by atoms with Crippen LogP contribution in [0.1, 0.15) is 51.0 Å². The molecule has 0 saturated carbocycles. The maximum Gasteiger partial charge on any atom is 0.249 e. The van der Waals surface area contributed by atoms with E-state index in [0.717, 1.165) is 16.7 Å². The quantitative estimate of drug-likeness (QED) is 0.173. The van der Waals surface area contributed by atoms with Gasteiger partial charge in [0.05, 0.1) is 12.5 Å². The van der Waals surface area contributed by atoms with E-state index in [1.807, 2.05) is 55.5 Å². The van der Waals surface area contributed by atoms with Crippen molar-refractivity contribution in [3.8, 4) is 5.75 Å². The Morgan fingerprint density at radius 2 is 1.43 bits per heavy atom. The summed E-state index contributed by atoms with van der Waals surface area (Å²) in [5.74, 6) is -2.33. The standard InChI is InChI=1S/C35H37FN4O4/c1-2-44-27-17-15-23(16-18-27)19-30(28-8-4-5-9-29(28)33(38)41)34(42)40-32(20-26-7-3-6-10-31(26)36)35(43)39-22-25-13-11-24(21-37)12-14-25/h3-18,30,32H,2,19-22,37H2,1H3,(H2,38,41)(H,39,43)(H,40,42)/t30-,32+/m1/s1. The first-order valence-electron chi connectivity index (χ1n) is 14.5. The molecule has 4 aromatic carbocycles. The number of amides is 3. The van der Waals surface area contributed by atoms with Crippen molar-refractivity contribution in [1.82, 2.24) is 10.6 Å². The summed E-state index contributed by atoms with van der Waals surface area (Å²) in [6.45, 7) is 3.01. The van der Waals surface area contributed by atoms with Gasteiger partial charge in [0.25, 0.3) is 0 Å². The molecule has 0 aliphatic carbocycles. The SMILES string of the molecule is CCOc1ccc(C[C@@H](C(=O)N[C@@H](Cc2ccccc2F)C(=O)NCc2ccc(CN)cc2)c2ccccc2C(N)=O)cc1. The fourth-order valence-electron chi connectivity index (χ4n) is 4.96. The first kappa shape index (κ1) is 31.9. The van der Waals surface area contributed by atoms with E-state index in [9.17, 15) is 18.8 Å². The highest BCUT2D eigenvalue weighted by atomic mass is 19.1. The molecule has 4 aromatic rings. The number of primary amides is 1. The molecule has 44 heavy (non-hydrogen) atoms. The summed E-state index contributed by atoms with van der Waals surface area (Å²) in [5.41, 5.74) is 14.9. The van der Waals surface area contributed by atoms with Gasteiger partial charge in [0.2, 0.25) is 17.7 Å². The van der Waals surface area contributed by atoms with Crippen LogP contribution in [-0.4, -0.2) is 30.4 Å². The molecule has 0 aliphatic heterocycles. The van der Waals surface area contributed by atoms with Crippen molar-refractivity contribution in [2.45, 2.75) is 44.8 Å². The highest BCUT2D eigenvalue weighted by molar-refractivity contribution is 5.98. The first-order valence-corrected chi connectivity index (χ1v) is 14.5. The number of rotatable bonds is 14. The van der Waals surface area contributed by atoms with Crippen LogP contribution >= 0.6 is 0 Å². The third-order valence-corrected chi connectivity index (χ3v) is 7.33. The van der Waals surface area contributed by atoms with E-state index in [-0.39, 0.29) is 30.5 Å². The summed E-state index contributed by atoms with van der Waals surface area (Å²) in [6, 6.07) is 26.4. The fraction of sp³-hybridized carbons (Fsp3) is 0.229. The molecule has 0 fully saturated rings. The zero-order valence-electron chi connectivity index (χ0n) is 24.6. The minimum Gasteiger partial charge on any atom is -0.494 e. The van der Waals surface area contributed by atoms with Crippen molar-refractivity contribution in [1.29, 1.82) is 0 Å². The molecule has 4 rings (SSSR count). The molecule has 0 bridgehead atoms. The fourth-order valence-corrected chi connectivity index (χ4v) is 4.96. The Hall–Kier alpha value is -5.02. The van der Waals surface area contributed by atoms with Crippen LogP contribution in [0, 0.1) is 5.82 Å². The van der Waals surface area contributed by atoms with Gasteiger partial charge in [-0.15, -0.1) is 0 Å². The Balaban J connectivity index is 1.63. The van der Waals surface area contributed by atoms with Gasteiger partial charge < -0.3 is 26.8 Å². The Morgan fingerprint density at radius 3 is 2.09 bits per heavy atom. The van der Waals surface area contributed by atoms with Gasteiger partial charge in [0.15, 0.2) is 0 Å². The first-order chi connectivity index (χ1) is 21.3. The van der Waals surface area contributed by atoms with E-state index in [0.29, 0.717) is 24.5 Å². The predicted molar refractivity (Wildman–Crippen MR) is 167 cm³/mol. The van der Waals surface area contributed by atoms with Crippen LogP contribution in [0.15, 0.2) is 97.1 Å². The number of nitrogens with one attached hydrogen (secondary N) is 2. The van der Waals surface area contributed by atoms with Crippen LogP contribution in [-0.2, 0) is 35.5 Å². The molecular weight excluding hydrogens is 559 g/mol. The maximum absolute atomic E-state index is 14.7. The Bertz CT molecular complexity index is 1570. The molecule has 9 heteroatoms. The van der Waals surface area contributed by atoms with Gasteiger partial charge in [-0.3, -0.25) is 14.4 Å². The van der Waals surface area contributed by atoms with Crippen molar-refractivity contribution in [2.75, 3.05) is 6.61 Å². The average Bonchev–Trinajstić information content (AvgIpc) is 3.04. The van der Waals surface area contributed by atoms with Crippen molar-refractivity contribution in [3.63, 3.8) is 0 Å². The van der Waals surface area contributed by atoms with Gasteiger partial charge >= 0.3 is 0 Å². The topological polar surface area (TPSA) is 137 Å². The Kier molecular flexibility index (Phi) is 11.2. The molecule has 0 unspecified atom stereocenters. The lowest BCUT2D eigenvalue weighted by Gasteiger charge is -2.24. The molecule has 0 spiro atoms. The zero-order valence-corrected chi connectivity index (χ0v) is 24.6. The number of benzene rings is 4. The van der Waals surface area contributed by atoms with E-state index in [2.05, 4.69) is 10.6 Å². The summed E-state index contributed by atoms with van der Waals surface area (Å²) in [6.07, 6.45) is 0.133. The van der Waals surface area contributed by atoms with Crippen LogP contribution in [0.25, 0.3) is 0 Å². The summed E-state index contributed by atoms with van der Waals surface area (Å²) in [4.78, 5) is 39.9. The minimum absolute atomic E-state index is 0.0798. The van der Waals surface area contributed by atoms with E-state index in [1.165, 1.54) is 6.07 Å². The van der Waals surface area contributed by atoms with Gasteiger partial charge in [0, 0.05) is 25.1 Å². The third-order valence-electron chi connectivity index (χ3n) is 7.33. The van der Waals surface area contributed by atoms with Crippen LogP contribution in [0.5, 0.6) is 5.75 Å². The van der Waals surface area contributed by atoms with Crippen LogP contribution in [0.4, 0.5) is 4.39 Å². The number of carbonyl (C=O) groups excluding carboxylic acids is 3. The Labute approximate surface area is 256 Å². The van der Waals surface area contributed by atoms with Crippen LogP contribution in [0.3, 0.4) is 0 Å². The van der Waals surface area contributed by atoms with E-state index >= 15 is 0 Å². The molecule has 228 valence electrons. The maximum atomic E-state index is 14.7. The molecule has 0 aliphatic rings. The number of nitrogens with two attached hydrogens (primary N) is 2. The molecular formula is C35H37FN4O4. The van der Waals surface area contributed by atoms with Crippen LogP contribution < -0.4 is 26.8 Å². The van der Waals surface area contributed by atoms with E-state index in [4.69, 9.17) is 16.2 Å². The smallest absolute Gasteiger partial charge is 0.249 e. The normalized spacial score (nSPS) is 12.2. The van der Waals surface area contributed by atoms with Gasteiger partial charge in [-0.05, 0) is 65.4 Å². The van der Waals surface area contributed by atoms with Crippen molar-refractivity contribution >= 4 is 17.7 Å². The molecule has 0 saturated heterocycles. The number of carbonyl (C=O) groups is 3. The molecule has 3 amide bonds. The molecule has 0 heterocycles. The summed E-state index contributed by atoms with van der Waals surface area (Å²) >= 11 is 0. The highest BCUT2D eigenvalue weighted by Gasteiger charge is 2.30. The lowest BCUT2D eigenvalue weighted by Crippen LogP contribution is -2.49. The number of hydrogen-bond acceptors (Lipinski definition) is 5. The van der Waals surface area contributed by atoms with Gasteiger partial charge in [-0.2, -0.15) is 0 Å². The van der Waals surface area contributed by atoms with E-state index in [1.54, 1.807) is 42.5 Å². The number of hydrogen-bond donors (Lipinski definition) is 4. The zero-order chi connectivity index (χ0) is 31.5. The molecule has 6 N–H and O–H groups in total. The second kappa shape index (κ2) is 15.5. The monoisotopic (exact) mass is 596 g/mol. The van der Waals surface area contributed by atoms with Crippen molar-refractivity contribution < 1.29 is 23.5 Å². The number of ether oxygens (including phenoxy) is 1. The molecule has 8 nitrogen and oxygen atoms in total.